The molecule has 6 nitrogen and oxygen atoms in total. The summed E-state index contributed by atoms with van der Waals surface area (Å²) in [5, 5.41) is 7.70. The van der Waals surface area contributed by atoms with Gasteiger partial charge in [0, 0.05) is 35.6 Å². The van der Waals surface area contributed by atoms with Crippen LogP contribution in [0.5, 0.6) is 0 Å². The van der Waals surface area contributed by atoms with Gasteiger partial charge in [-0.15, -0.1) is 0 Å². The number of aromatic nitrogens is 3. The number of rotatable bonds is 2. The molecule has 0 fully saturated rings. The minimum atomic E-state index is -0.323. The molecular formula is C18H15ClN4O2. The Hall–Kier alpha value is -2.86. The molecule has 7 heteroatoms. The van der Waals surface area contributed by atoms with E-state index in [1.165, 1.54) is 10.6 Å². The quantitative estimate of drug-likeness (QED) is 0.769. The number of H-pyrrole nitrogens is 1. The van der Waals surface area contributed by atoms with Gasteiger partial charge in [-0.25, -0.2) is 0 Å². The van der Waals surface area contributed by atoms with E-state index in [0.717, 1.165) is 16.8 Å². The van der Waals surface area contributed by atoms with Crippen LogP contribution >= 0.6 is 11.6 Å². The summed E-state index contributed by atoms with van der Waals surface area (Å²) in [6.07, 6.45) is 1.66. The van der Waals surface area contributed by atoms with Crippen molar-refractivity contribution in [1.29, 1.82) is 0 Å². The summed E-state index contributed by atoms with van der Waals surface area (Å²) in [6.45, 7) is 1.90. The molecule has 0 saturated heterocycles. The number of amides is 1. The maximum Gasteiger partial charge on any atom is 0.280 e. The van der Waals surface area contributed by atoms with Crippen molar-refractivity contribution in [3.05, 3.63) is 80.5 Å². The van der Waals surface area contributed by atoms with Gasteiger partial charge in [-0.2, -0.15) is 5.10 Å². The first-order valence-electron chi connectivity index (χ1n) is 7.78. The Balaban J connectivity index is 1.92. The summed E-state index contributed by atoms with van der Waals surface area (Å²) in [6, 6.07) is 10.2. The second kappa shape index (κ2) is 5.60. The van der Waals surface area contributed by atoms with Crippen molar-refractivity contribution in [2.75, 3.05) is 4.90 Å². The van der Waals surface area contributed by atoms with E-state index in [9.17, 15) is 9.59 Å². The average molecular weight is 355 g/mol. The predicted molar refractivity (Wildman–Crippen MR) is 95.1 cm³/mol. The first-order valence-corrected chi connectivity index (χ1v) is 8.15. The molecule has 1 atom stereocenters. The van der Waals surface area contributed by atoms with E-state index in [2.05, 4.69) is 10.2 Å². The number of hydrogen-bond acceptors (Lipinski definition) is 3. The number of aryl methyl sites for hydroxylation is 2. The molecule has 1 aromatic carbocycles. The van der Waals surface area contributed by atoms with E-state index in [1.54, 1.807) is 36.3 Å². The van der Waals surface area contributed by atoms with Crippen LogP contribution in [0.3, 0.4) is 0 Å². The number of carbonyl (C=O) groups is 1. The Morgan fingerprint density at radius 3 is 2.52 bits per heavy atom. The second-order valence-electron chi connectivity index (χ2n) is 6.08. The third kappa shape index (κ3) is 2.37. The number of nitrogens with zero attached hydrogens (tertiary/aromatic N) is 3. The van der Waals surface area contributed by atoms with E-state index >= 15 is 0 Å². The number of nitrogens with one attached hydrogen (secondary N) is 1. The molecule has 0 aliphatic carbocycles. The van der Waals surface area contributed by atoms with Crippen LogP contribution in [0.4, 0.5) is 5.69 Å². The van der Waals surface area contributed by atoms with Gasteiger partial charge in [0.15, 0.2) is 5.69 Å². The summed E-state index contributed by atoms with van der Waals surface area (Å²) in [4.78, 5) is 26.4. The van der Waals surface area contributed by atoms with Crippen molar-refractivity contribution in [3.8, 4) is 0 Å². The molecular weight excluding hydrogens is 340 g/mol. The molecule has 1 N–H and O–H groups in total. The Kier molecular flexibility index (Phi) is 3.51. The van der Waals surface area contributed by atoms with Gasteiger partial charge >= 0.3 is 0 Å². The largest absolute Gasteiger partial charge is 0.317 e. The van der Waals surface area contributed by atoms with Crippen LogP contribution in [0.25, 0.3) is 0 Å². The van der Waals surface area contributed by atoms with E-state index in [4.69, 9.17) is 11.6 Å². The fourth-order valence-corrected chi connectivity index (χ4v) is 3.37. The van der Waals surface area contributed by atoms with Gasteiger partial charge < -0.3 is 4.57 Å². The van der Waals surface area contributed by atoms with Crippen LogP contribution in [0, 0.1) is 6.92 Å². The van der Waals surface area contributed by atoms with Crippen LogP contribution in [0.15, 0.2) is 47.4 Å². The summed E-state index contributed by atoms with van der Waals surface area (Å²) < 4.78 is 1.46. The molecule has 1 aliphatic heterocycles. The molecule has 3 heterocycles. The van der Waals surface area contributed by atoms with Gasteiger partial charge in [0.1, 0.15) is 0 Å². The zero-order valence-corrected chi connectivity index (χ0v) is 14.4. The Labute approximate surface area is 148 Å². The molecule has 0 bridgehead atoms. The summed E-state index contributed by atoms with van der Waals surface area (Å²) in [5.41, 5.74) is 3.54. The molecule has 0 saturated carbocycles. The van der Waals surface area contributed by atoms with E-state index in [1.807, 2.05) is 19.1 Å². The first kappa shape index (κ1) is 15.7. The Bertz CT molecular complexity index is 1040. The fraction of sp³-hybridized carbons (Fsp3) is 0.167. The molecule has 1 amide bonds. The van der Waals surface area contributed by atoms with Gasteiger partial charge in [-0.3, -0.25) is 19.6 Å². The van der Waals surface area contributed by atoms with Crippen LogP contribution < -0.4 is 10.5 Å². The monoisotopic (exact) mass is 354 g/mol. The lowest BCUT2D eigenvalue weighted by molar-refractivity contribution is 0.0988. The number of anilines is 1. The lowest BCUT2D eigenvalue weighted by Gasteiger charge is -2.26. The number of pyridine rings is 1. The predicted octanol–water partition coefficient (Wildman–Crippen LogP) is 2.82. The van der Waals surface area contributed by atoms with Crippen molar-refractivity contribution in [2.45, 2.75) is 13.0 Å². The molecule has 25 heavy (non-hydrogen) atoms. The van der Waals surface area contributed by atoms with Crippen LogP contribution in [-0.2, 0) is 7.05 Å². The van der Waals surface area contributed by atoms with Crippen molar-refractivity contribution < 1.29 is 4.79 Å². The summed E-state index contributed by atoms with van der Waals surface area (Å²) >= 11 is 6.01. The van der Waals surface area contributed by atoms with Crippen molar-refractivity contribution in [1.82, 2.24) is 14.8 Å². The van der Waals surface area contributed by atoms with E-state index in [0.29, 0.717) is 16.4 Å². The highest BCUT2D eigenvalue weighted by atomic mass is 35.5. The second-order valence-corrected chi connectivity index (χ2v) is 6.51. The molecule has 0 radical (unpaired) electrons. The molecule has 0 spiro atoms. The number of aromatic amines is 1. The maximum absolute atomic E-state index is 13.0. The maximum atomic E-state index is 13.0. The van der Waals surface area contributed by atoms with Crippen molar-refractivity contribution >= 4 is 23.2 Å². The van der Waals surface area contributed by atoms with Crippen LogP contribution in [-0.4, -0.2) is 20.7 Å². The number of carbonyl (C=O) groups excluding carboxylic acids is 1. The molecule has 4 rings (SSSR count). The van der Waals surface area contributed by atoms with Crippen molar-refractivity contribution in [3.63, 3.8) is 0 Å². The topological polar surface area (TPSA) is 71.0 Å². The SMILES string of the molecule is Cc1[nH]nc2c1C(c1ccc(Cl)cc1)N(c1ccc(=O)n(C)c1)C2=O. The van der Waals surface area contributed by atoms with Crippen LogP contribution in [0.2, 0.25) is 5.02 Å². The summed E-state index contributed by atoms with van der Waals surface area (Å²) in [7, 11) is 1.66. The number of hydrogen-bond donors (Lipinski definition) is 1. The van der Waals surface area contributed by atoms with Crippen molar-refractivity contribution in [2.24, 2.45) is 7.05 Å². The molecule has 1 unspecified atom stereocenters. The average Bonchev–Trinajstić information content (AvgIpc) is 3.10. The lowest BCUT2D eigenvalue weighted by atomic mass is 9.99. The van der Waals surface area contributed by atoms with Gasteiger partial charge in [-0.1, -0.05) is 23.7 Å². The highest BCUT2D eigenvalue weighted by Crippen LogP contribution is 2.42. The summed E-state index contributed by atoms with van der Waals surface area (Å²) in [5.74, 6) is -0.196. The van der Waals surface area contributed by atoms with E-state index in [-0.39, 0.29) is 17.5 Å². The minimum absolute atomic E-state index is 0.131. The van der Waals surface area contributed by atoms with Gasteiger partial charge in [-0.05, 0) is 30.7 Å². The zero-order valence-electron chi connectivity index (χ0n) is 13.7. The number of halogens is 1. The van der Waals surface area contributed by atoms with Crippen LogP contribution in [0.1, 0.15) is 33.4 Å². The zero-order chi connectivity index (χ0) is 17.7. The Morgan fingerprint density at radius 2 is 1.84 bits per heavy atom. The first-order chi connectivity index (χ1) is 12.0. The lowest BCUT2D eigenvalue weighted by Crippen LogP contribution is -2.30. The fourth-order valence-electron chi connectivity index (χ4n) is 3.24. The van der Waals surface area contributed by atoms with E-state index < -0.39 is 0 Å². The minimum Gasteiger partial charge on any atom is -0.317 e. The third-order valence-corrected chi connectivity index (χ3v) is 4.73. The normalized spacial score (nSPS) is 16.4. The standard InChI is InChI=1S/C18H15ClN4O2/c1-10-15-16(21-20-10)18(25)23(13-7-8-14(24)22(2)9-13)17(15)11-3-5-12(19)6-4-11/h3-9,17H,1-2H3,(H,20,21). The van der Waals surface area contributed by atoms with Gasteiger partial charge in [0.25, 0.3) is 5.91 Å². The molecule has 1 aliphatic rings. The van der Waals surface area contributed by atoms with Gasteiger partial charge in [0.05, 0.1) is 11.7 Å². The molecule has 126 valence electrons. The Morgan fingerprint density at radius 1 is 1.12 bits per heavy atom. The highest BCUT2D eigenvalue weighted by molar-refractivity contribution is 6.30. The molecule has 2 aromatic heterocycles. The smallest absolute Gasteiger partial charge is 0.280 e. The molecule has 3 aromatic rings. The third-order valence-electron chi connectivity index (χ3n) is 4.48. The number of benzene rings is 1. The highest BCUT2D eigenvalue weighted by Gasteiger charge is 2.42. The number of fused-ring (bicyclic) bond motifs is 1. The van der Waals surface area contributed by atoms with Gasteiger partial charge in [0.2, 0.25) is 5.56 Å².